The van der Waals surface area contributed by atoms with Crippen LogP contribution in [0.15, 0.2) is 53.4 Å². The number of sulfonamides is 1. The van der Waals surface area contributed by atoms with E-state index in [1.807, 2.05) is 4.83 Å². The molecule has 1 aliphatic rings. The third-order valence-corrected chi connectivity index (χ3v) is 4.71. The lowest BCUT2D eigenvalue weighted by atomic mass is 10.2. The quantitative estimate of drug-likeness (QED) is 0.776. The number of para-hydroxylation sites is 2. The predicted octanol–water partition coefficient (Wildman–Crippen LogP) is 0.708. The maximum atomic E-state index is 12.2. The van der Waals surface area contributed by atoms with Gasteiger partial charge in [0.1, 0.15) is 17.6 Å². The van der Waals surface area contributed by atoms with Crippen molar-refractivity contribution >= 4 is 15.9 Å². The van der Waals surface area contributed by atoms with Crippen LogP contribution >= 0.6 is 0 Å². The number of nitriles is 1. The van der Waals surface area contributed by atoms with E-state index in [1.165, 1.54) is 18.2 Å². The third kappa shape index (κ3) is 3.55. The van der Waals surface area contributed by atoms with Crippen molar-refractivity contribution in [1.29, 1.82) is 5.26 Å². The zero-order chi connectivity index (χ0) is 17.9. The molecular weight excluding hydrogens is 346 g/mol. The van der Waals surface area contributed by atoms with Crippen LogP contribution in [0.4, 0.5) is 0 Å². The number of hydrazine groups is 1. The van der Waals surface area contributed by atoms with Crippen LogP contribution < -0.4 is 19.7 Å². The van der Waals surface area contributed by atoms with Crippen LogP contribution in [0.3, 0.4) is 0 Å². The van der Waals surface area contributed by atoms with Crippen LogP contribution in [0.1, 0.15) is 5.56 Å². The first kappa shape index (κ1) is 16.8. The summed E-state index contributed by atoms with van der Waals surface area (Å²) in [6.07, 6.45) is -1.01. The van der Waals surface area contributed by atoms with E-state index in [0.717, 1.165) is 0 Å². The normalized spacial score (nSPS) is 15.9. The third-order valence-electron chi connectivity index (χ3n) is 3.41. The van der Waals surface area contributed by atoms with Crippen molar-refractivity contribution in [2.45, 2.75) is 11.0 Å². The second-order valence-electron chi connectivity index (χ2n) is 5.07. The van der Waals surface area contributed by atoms with E-state index in [9.17, 15) is 13.2 Å². The number of rotatable bonds is 4. The minimum atomic E-state index is -4.10. The lowest BCUT2D eigenvalue weighted by Gasteiger charge is -2.25. The SMILES string of the molecule is N#Cc1ccccc1S(=O)(=O)NNC(=O)[C@H]1COc2ccccc2O1. The Morgan fingerprint density at radius 3 is 2.56 bits per heavy atom. The maximum Gasteiger partial charge on any atom is 0.279 e. The Labute approximate surface area is 144 Å². The zero-order valence-electron chi connectivity index (χ0n) is 12.8. The van der Waals surface area contributed by atoms with Crippen molar-refractivity contribution in [3.8, 4) is 17.6 Å². The number of hydrogen-bond donors (Lipinski definition) is 2. The fourth-order valence-electron chi connectivity index (χ4n) is 2.20. The van der Waals surface area contributed by atoms with Gasteiger partial charge >= 0.3 is 0 Å². The molecule has 0 aromatic heterocycles. The summed E-state index contributed by atoms with van der Waals surface area (Å²) in [5.74, 6) is 0.189. The second-order valence-corrected chi connectivity index (χ2v) is 6.72. The Balaban J connectivity index is 1.68. The van der Waals surface area contributed by atoms with Gasteiger partial charge in [0.15, 0.2) is 11.5 Å². The molecule has 8 nitrogen and oxygen atoms in total. The molecule has 9 heteroatoms. The monoisotopic (exact) mass is 359 g/mol. The molecule has 128 valence electrons. The first-order valence-corrected chi connectivity index (χ1v) is 8.69. The summed E-state index contributed by atoms with van der Waals surface area (Å²) < 4.78 is 35.4. The molecule has 1 aliphatic heterocycles. The van der Waals surface area contributed by atoms with Crippen LogP contribution in [0, 0.1) is 11.3 Å². The molecule has 0 unspecified atom stereocenters. The van der Waals surface area contributed by atoms with Gasteiger partial charge in [0.25, 0.3) is 15.9 Å². The Kier molecular flexibility index (Phi) is 4.56. The van der Waals surface area contributed by atoms with Crippen molar-refractivity contribution in [1.82, 2.24) is 10.3 Å². The highest BCUT2D eigenvalue weighted by Gasteiger charge is 2.28. The topological polar surface area (TPSA) is 118 Å². The molecule has 0 spiro atoms. The minimum Gasteiger partial charge on any atom is -0.485 e. The minimum absolute atomic E-state index is 0.0320. The molecule has 3 rings (SSSR count). The lowest BCUT2D eigenvalue weighted by molar-refractivity contribution is -0.130. The first-order chi connectivity index (χ1) is 12.0. The fraction of sp³-hybridized carbons (Fsp3) is 0.125. The molecule has 2 aromatic carbocycles. The van der Waals surface area contributed by atoms with Crippen molar-refractivity contribution in [2.75, 3.05) is 6.61 Å². The summed E-state index contributed by atoms with van der Waals surface area (Å²) in [5.41, 5.74) is 2.05. The summed E-state index contributed by atoms with van der Waals surface area (Å²) in [6, 6.07) is 14.3. The van der Waals surface area contributed by atoms with E-state index >= 15 is 0 Å². The molecule has 1 amide bonds. The van der Waals surface area contributed by atoms with Gasteiger partial charge in [0.05, 0.1) is 5.56 Å². The van der Waals surface area contributed by atoms with E-state index in [2.05, 4.69) is 5.43 Å². The van der Waals surface area contributed by atoms with Crippen LogP contribution in [0.2, 0.25) is 0 Å². The first-order valence-electron chi connectivity index (χ1n) is 7.20. The summed E-state index contributed by atoms with van der Waals surface area (Å²) >= 11 is 0. The molecule has 0 bridgehead atoms. The smallest absolute Gasteiger partial charge is 0.279 e. The van der Waals surface area contributed by atoms with Crippen LogP contribution in [-0.4, -0.2) is 27.0 Å². The van der Waals surface area contributed by atoms with Crippen LogP contribution in [0.25, 0.3) is 0 Å². The Bertz CT molecular complexity index is 952. The molecule has 25 heavy (non-hydrogen) atoms. The highest BCUT2D eigenvalue weighted by molar-refractivity contribution is 7.89. The highest BCUT2D eigenvalue weighted by atomic mass is 32.2. The molecule has 0 fully saturated rings. The van der Waals surface area contributed by atoms with Crippen molar-refractivity contribution in [3.05, 3.63) is 54.1 Å². The van der Waals surface area contributed by atoms with Gasteiger partial charge in [0, 0.05) is 0 Å². The zero-order valence-corrected chi connectivity index (χ0v) is 13.6. The van der Waals surface area contributed by atoms with Gasteiger partial charge < -0.3 is 9.47 Å². The van der Waals surface area contributed by atoms with Gasteiger partial charge in [0.2, 0.25) is 6.10 Å². The molecular formula is C16H13N3O5S. The van der Waals surface area contributed by atoms with Crippen molar-refractivity contribution in [3.63, 3.8) is 0 Å². The molecule has 0 saturated carbocycles. The molecule has 0 saturated heterocycles. The molecule has 2 N–H and O–H groups in total. The number of hydrogen-bond acceptors (Lipinski definition) is 6. The number of nitrogens with one attached hydrogen (secondary N) is 2. The average Bonchev–Trinajstić information content (AvgIpc) is 2.65. The Hall–Kier alpha value is -3.09. The van der Waals surface area contributed by atoms with E-state index in [1.54, 1.807) is 36.4 Å². The number of ether oxygens (including phenoxy) is 2. The fourth-order valence-corrected chi connectivity index (χ4v) is 3.20. The number of carbonyl (C=O) groups excluding carboxylic acids is 1. The largest absolute Gasteiger partial charge is 0.485 e. The van der Waals surface area contributed by atoms with E-state index in [4.69, 9.17) is 14.7 Å². The second kappa shape index (κ2) is 6.80. The number of nitrogens with zero attached hydrogens (tertiary/aromatic N) is 1. The average molecular weight is 359 g/mol. The van der Waals surface area contributed by atoms with Crippen LogP contribution in [0.5, 0.6) is 11.5 Å². The van der Waals surface area contributed by atoms with Gasteiger partial charge in [-0.15, -0.1) is 4.83 Å². The van der Waals surface area contributed by atoms with Crippen LogP contribution in [-0.2, 0) is 14.8 Å². The number of benzene rings is 2. The summed E-state index contributed by atoms with van der Waals surface area (Å²) in [7, 11) is -4.10. The summed E-state index contributed by atoms with van der Waals surface area (Å²) in [5, 5.41) is 8.99. The number of amides is 1. The highest BCUT2D eigenvalue weighted by Crippen LogP contribution is 2.30. The maximum absolute atomic E-state index is 12.2. The number of carbonyl (C=O) groups is 1. The molecule has 0 radical (unpaired) electrons. The summed E-state index contributed by atoms with van der Waals surface area (Å²) in [6.45, 7) is -0.0562. The van der Waals surface area contributed by atoms with Gasteiger partial charge in [-0.2, -0.15) is 5.26 Å². The molecule has 2 aromatic rings. The van der Waals surface area contributed by atoms with E-state index < -0.39 is 22.0 Å². The van der Waals surface area contributed by atoms with Crippen molar-refractivity contribution in [2.24, 2.45) is 0 Å². The van der Waals surface area contributed by atoms with Gasteiger partial charge in [-0.25, -0.2) is 8.42 Å². The Morgan fingerprint density at radius 1 is 1.12 bits per heavy atom. The molecule has 1 atom stereocenters. The number of fused-ring (bicyclic) bond motifs is 1. The predicted molar refractivity (Wildman–Crippen MR) is 86.0 cm³/mol. The van der Waals surface area contributed by atoms with Gasteiger partial charge in [-0.05, 0) is 24.3 Å². The molecule has 0 aliphatic carbocycles. The van der Waals surface area contributed by atoms with Gasteiger partial charge in [-0.1, -0.05) is 24.3 Å². The Morgan fingerprint density at radius 2 is 1.80 bits per heavy atom. The van der Waals surface area contributed by atoms with Gasteiger partial charge in [-0.3, -0.25) is 10.2 Å². The van der Waals surface area contributed by atoms with Crippen molar-refractivity contribution < 1.29 is 22.7 Å². The van der Waals surface area contributed by atoms with E-state index in [-0.39, 0.29) is 17.1 Å². The van der Waals surface area contributed by atoms with E-state index in [0.29, 0.717) is 11.5 Å². The summed E-state index contributed by atoms with van der Waals surface area (Å²) in [4.78, 5) is 13.9. The standard InChI is InChI=1S/C16H13N3O5S/c17-9-11-5-1-4-8-15(11)25(21,22)19-18-16(20)14-10-23-12-6-2-3-7-13(12)24-14/h1-8,14,19H,10H2,(H,18,20)/t14-/m1/s1. The lowest BCUT2D eigenvalue weighted by Crippen LogP contribution is -2.50. The molecule has 1 heterocycles.